The molecule has 6 heteroatoms. The van der Waals surface area contributed by atoms with Gasteiger partial charge in [0.1, 0.15) is 6.54 Å². The number of nitrogens with zero attached hydrogens (tertiary/aromatic N) is 2. The highest BCUT2D eigenvalue weighted by molar-refractivity contribution is 5.80. The Morgan fingerprint density at radius 2 is 1.82 bits per heavy atom. The van der Waals surface area contributed by atoms with Crippen molar-refractivity contribution in [2.24, 2.45) is 0 Å². The summed E-state index contributed by atoms with van der Waals surface area (Å²) in [6, 6.07) is -0.516. The maximum absolute atomic E-state index is 12.0. The zero-order chi connectivity index (χ0) is 13.6. The van der Waals surface area contributed by atoms with E-state index >= 15 is 0 Å². The van der Waals surface area contributed by atoms with E-state index < -0.39 is 12.1 Å². The topological polar surface area (TPSA) is 81.1 Å². The average Bonchev–Trinajstić information content (AvgIpc) is 2.22. The van der Waals surface area contributed by atoms with Crippen LogP contribution in [0.1, 0.15) is 27.2 Å². The third-order valence-electron chi connectivity index (χ3n) is 2.54. The van der Waals surface area contributed by atoms with Gasteiger partial charge in [-0.25, -0.2) is 4.79 Å². The second-order valence-electron chi connectivity index (χ2n) is 4.29. The fourth-order valence-electron chi connectivity index (χ4n) is 1.47. The molecule has 0 aromatic carbocycles. The lowest BCUT2D eigenvalue weighted by Gasteiger charge is -2.31. The zero-order valence-electron chi connectivity index (χ0n) is 10.9. The first-order valence-electron chi connectivity index (χ1n) is 5.71. The first-order chi connectivity index (χ1) is 7.79. The minimum atomic E-state index is -1.04. The van der Waals surface area contributed by atoms with Gasteiger partial charge in [-0.05, 0) is 20.3 Å². The number of carboxylic acid groups (broad SMARTS) is 1. The van der Waals surface area contributed by atoms with Gasteiger partial charge in [0.15, 0.2) is 0 Å². The number of carbonyl (C=O) groups excluding carboxylic acids is 1. The van der Waals surface area contributed by atoms with E-state index in [2.05, 4.69) is 0 Å². The summed E-state index contributed by atoms with van der Waals surface area (Å²) in [5.74, 6) is -1.04. The number of likely N-dealkylation sites (N-methyl/N-ethyl adjacent to an activating group) is 1. The SMILES string of the molecule is CCC(C)N(CC(=O)O)C(=O)N(C)CC(C)O. The molecule has 0 aromatic heterocycles. The number of carbonyl (C=O) groups is 2. The number of hydrogen-bond acceptors (Lipinski definition) is 3. The van der Waals surface area contributed by atoms with Crippen molar-refractivity contribution < 1.29 is 19.8 Å². The normalized spacial score (nSPS) is 13.9. The van der Waals surface area contributed by atoms with Crippen molar-refractivity contribution in [3.63, 3.8) is 0 Å². The van der Waals surface area contributed by atoms with Crippen LogP contribution < -0.4 is 0 Å². The third kappa shape index (κ3) is 5.53. The fourth-order valence-corrected chi connectivity index (χ4v) is 1.47. The molecule has 0 fully saturated rings. The molecular formula is C11H22N2O4. The van der Waals surface area contributed by atoms with Gasteiger partial charge < -0.3 is 20.0 Å². The molecule has 2 unspecified atom stereocenters. The molecule has 2 atom stereocenters. The molecule has 100 valence electrons. The number of hydrogen-bond donors (Lipinski definition) is 2. The fraction of sp³-hybridized carbons (Fsp3) is 0.818. The number of urea groups is 1. The second-order valence-corrected chi connectivity index (χ2v) is 4.29. The van der Waals surface area contributed by atoms with E-state index in [-0.39, 0.29) is 25.2 Å². The van der Waals surface area contributed by atoms with Gasteiger partial charge in [0.2, 0.25) is 0 Å². The maximum atomic E-state index is 12.0. The summed E-state index contributed by atoms with van der Waals surface area (Å²) >= 11 is 0. The van der Waals surface area contributed by atoms with Gasteiger partial charge in [-0.2, -0.15) is 0 Å². The van der Waals surface area contributed by atoms with Crippen molar-refractivity contribution in [1.82, 2.24) is 9.80 Å². The maximum Gasteiger partial charge on any atom is 0.323 e. The largest absolute Gasteiger partial charge is 0.480 e. The molecule has 2 N–H and O–H groups in total. The van der Waals surface area contributed by atoms with E-state index in [0.29, 0.717) is 6.42 Å². The first-order valence-corrected chi connectivity index (χ1v) is 5.71. The number of aliphatic carboxylic acids is 1. The van der Waals surface area contributed by atoms with E-state index in [4.69, 9.17) is 5.11 Å². The van der Waals surface area contributed by atoms with Gasteiger partial charge in [-0.3, -0.25) is 4.79 Å². The molecule has 0 saturated heterocycles. The number of amides is 2. The molecule has 2 amide bonds. The van der Waals surface area contributed by atoms with Gasteiger partial charge in [0.05, 0.1) is 6.10 Å². The summed E-state index contributed by atoms with van der Waals surface area (Å²) in [6.45, 7) is 5.14. The van der Waals surface area contributed by atoms with Crippen LogP contribution in [0.15, 0.2) is 0 Å². The lowest BCUT2D eigenvalue weighted by atomic mass is 10.2. The minimum Gasteiger partial charge on any atom is -0.480 e. The Morgan fingerprint density at radius 1 is 1.29 bits per heavy atom. The molecule has 0 spiro atoms. The molecule has 0 rings (SSSR count). The highest BCUT2D eigenvalue weighted by Gasteiger charge is 2.24. The Hall–Kier alpha value is -1.30. The Balaban J connectivity index is 4.67. The van der Waals surface area contributed by atoms with Crippen LogP contribution in [0.3, 0.4) is 0 Å². The summed E-state index contributed by atoms with van der Waals surface area (Å²) in [7, 11) is 1.55. The van der Waals surface area contributed by atoms with E-state index in [1.165, 1.54) is 9.80 Å². The van der Waals surface area contributed by atoms with Crippen molar-refractivity contribution >= 4 is 12.0 Å². The Morgan fingerprint density at radius 3 is 2.18 bits per heavy atom. The molecule has 0 radical (unpaired) electrons. The van der Waals surface area contributed by atoms with Crippen LogP contribution in [0.25, 0.3) is 0 Å². The molecule has 0 bridgehead atoms. The standard InChI is InChI=1S/C11H22N2O4/c1-5-8(2)13(7-10(15)16)11(17)12(4)6-9(3)14/h8-9,14H,5-7H2,1-4H3,(H,15,16). The van der Waals surface area contributed by atoms with E-state index in [1.54, 1.807) is 20.9 Å². The summed E-state index contributed by atoms with van der Waals surface area (Å²) < 4.78 is 0. The molecule has 6 nitrogen and oxygen atoms in total. The summed E-state index contributed by atoms with van der Waals surface area (Å²) in [5, 5.41) is 18.0. The molecule has 0 aromatic rings. The van der Waals surface area contributed by atoms with Crippen LogP contribution in [-0.4, -0.2) is 64.3 Å². The Bertz CT molecular complexity index is 268. The number of aliphatic hydroxyl groups is 1. The Labute approximate surface area is 102 Å². The molecule has 0 heterocycles. The first kappa shape index (κ1) is 15.7. The second kappa shape index (κ2) is 7.11. The number of carboxylic acids is 1. The summed E-state index contributed by atoms with van der Waals surface area (Å²) in [4.78, 5) is 25.3. The van der Waals surface area contributed by atoms with Crippen LogP contribution in [0.2, 0.25) is 0 Å². The van der Waals surface area contributed by atoms with E-state index in [1.807, 2.05) is 6.92 Å². The molecular weight excluding hydrogens is 224 g/mol. The van der Waals surface area contributed by atoms with Gasteiger partial charge in [0, 0.05) is 19.6 Å². The summed E-state index contributed by atoms with van der Waals surface area (Å²) in [5.41, 5.74) is 0. The van der Waals surface area contributed by atoms with Crippen molar-refractivity contribution in [1.29, 1.82) is 0 Å². The van der Waals surface area contributed by atoms with Gasteiger partial charge in [-0.15, -0.1) is 0 Å². The highest BCUT2D eigenvalue weighted by Crippen LogP contribution is 2.07. The van der Waals surface area contributed by atoms with Gasteiger partial charge in [0.25, 0.3) is 0 Å². The predicted octanol–water partition coefficient (Wildman–Crippen LogP) is 0.604. The van der Waals surface area contributed by atoms with Crippen LogP contribution >= 0.6 is 0 Å². The van der Waals surface area contributed by atoms with Crippen LogP contribution in [0.5, 0.6) is 0 Å². The molecule has 0 aliphatic heterocycles. The van der Waals surface area contributed by atoms with Crippen LogP contribution in [0, 0.1) is 0 Å². The van der Waals surface area contributed by atoms with Crippen molar-refractivity contribution in [2.75, 3.05) is 20.1 Å². The zero-order valence-corrected chi connectivity index (χ0v) is 10.9. The van der Waals surface area contributed by atoms with Gasteiger partial charge in [-0.1, -0.05) is 6.92 Å². The van der Waals surface area contributed by atoms with Crippen molar-refractivity contribution in [2.45, 2.75) is 39.3 Å². The lowest BCUT2D eigenvalue weighted by Crippen LogP contribution is -2.49. The molecule has 0 saturated carbocycles. The summed E-state index contributed by atoms with van der Waals surface area (Å²) in [6.07, 6.45) is 0.0502. The quantitative estimate of drug-likeness (QED) is 0.719. The molecule has 17 heavy (non-hydrogen) atoms. The number of rotatable bonds is 6. The van der Waals surface area contributed by atoms with E-state index in [9.17, 15) is 14.7 Å². The minimum absolute atomic E-state index is 0.143. The lowest BCUT2D eigenvalue weighted by molar-refractivity contribution is -0.138. The smallest absolute Gasteiger partial charge is 0.323 e. The van der Waals surface area contributed by atoms with Crippen molar-refractivity contribution in [3.8, 4) is 0 Å². The Kier molecular flexibility index (Phi) is 6.57. The third-order valence-corrected chi connectivity index (χ3v) is 2.54. The van der Waals surface area contributed by atoms with Crippen LogP contribution in [-0.2, 0) is 4.79 Å². The molecule has 0 aliphatic carbocycles. The predicted molar refractivity (Wildman–Crippen MR) is 63.8 cm³/mol. The highest BCUT2D eigenvalue weighted by atomic mass is 16.4. The average molecular weight is 246 g/mol. The molecule has 0 aliphatic rings. The van der Waals surface area contributed by atoms with E-state index in [0.717, 1.165) is 0 Å². The van der Waals surface area contributed by atoms with Crippen molar-refractivity contribution in [3.05, 3.63) is 0 Å². The number of aliphatic hydroxyl groups excluding tert-OH is 1. The van der Waals surface area contributed by atoms with Gasteiger partial charge >= 0.3 is 12.0 Å². The monoisotopic (exact) mass is 246 g/mol. The van der Waals surface area contributed by atoms with Crippen LogP contribution in [0.4, 0.5) is 4.79 Å².